The van der Waals surface area contributed by atoms with Crippen LogP contribution in [-0.2, 0) is 0 Å². The van der Waals surface area contributed by atoms with Gasteiger partial charge in [0.2, 0.25) is 0 Å². The molecule has 0 aliphatic rings. The van der Waals surface area contributed by atoms with Crippen molar-refractivity contribution in [2.24, 2.45) is 0 Å². The quantitative estimate of drug-likeness (QED) is 0.508. The van der Waals surface area contributed by atoms with Crippen LogP contribution in [0, 0.1) is 29.1 Å². The lowest BCUT2D eigenvalue weighted by molar-refractivity contribution is 0.101. The van der Waals surface area contributed by atoms with Gasteiger partial charge in [0, 0.05) is 0 Å². The fraction of sp³-hybridized carbons (Fsp3) is 0. The Balaban J connectivity index is 2.40. The summed E-state index contributed by atoms with van der Waals surface area (Å²) < 4.78 is 66.2. The zero-order valence-electron chi connectivity index (χ0n) is 10.2. The van der Waals surface area contributed by atoms with Crippen LogP contribution in [0.25, 0.3) is 0 Å². The SMILES string of the molecule is Nc1ccc(F)c(C(=O)Nc2ccc(F)c(F)c2F)c1F. The summed E-state index contributed by atoms with van der Waals surface area (Å²) in [6, 6.07) is 2.92. The maximum atomic E-state index is 13.6. The van der Waals surface area contributed by atoms with E-state index in [2.05, 4.69) is 0 Å². The summed E-state index contributed by atoms with van der Waals surface area (Å²) in [6.45, 7) is 0. The molecule has 0 saturated heterocycles. The molecule has 0 heterocycles. The molecule has 3 N–H and O–H groups in total. The average Bonchev–Trinajstić information content (AvgIpc) is 2.44. The van der Waals surface area contributed by atoms with Crippen molar-refractivity contribution in [2.45, 2.75) is 0 Å². The number of nitrogens with one attached hydrogen (secondary N) is 1. The van der Waals surface area contributed by atoms with Gasteiger partial charge in [-0.05, 0) is 24.3 Å². The Bertz CT molecular complexity index is 733. The molecule has 8 heteroatoms. The average molecular weight is 302 g/mol. The van der Waals surface area contributed by atoms with E-state index in [1.54, 1.807) is 5.32 Å². The molecule has 0 atom stereocenters. The molecule has 21 heavy (non-hydrogen) atoms. The number of halogens is 5. The fourth-order valence-electron chi connectivity index (χ4n) is 1.58. The van der Waals surface area contributed by atoms with E-state index < -0.39 is 51.9 Å². The number of rotatable bonds is 2. The number of anilines is 2. The van der Waals surface area contributed by atoms with Gasteiger partial charge in [-0.3, -0.25) is 4.79 Å². The first-order valence-electron chi connectivity index (χ1n) is 5.51. The molecular weight excluding hydrogens is 295 g/mol. The van der Waals surface area contributed by atoms with E-state index in [0.29, 0.717) is 12.1 Å². The summed E-state index contributed by atoms with van der Waals surface area (Å²) >= 11 is 0. The Labute approximate surface area is 115 Å². The Morgan fingerprint density at radius 2 is 1.48 bits per heavy atom. The molecule has 0 radical (unpaired) electrons. The number of carbonyl (C=O) groups excluding carboxylic acids is 1. The molecular formula is C13H7F5N2O. The largest absolute Gasteiger partial charge is 0.396 e. The van der Waals surface area contributed by atoms with Crippen LogP contribution in [-0.4, -0.2) is 5.91 Å². The third kappa shape index (κ3) is 2.64. The Morgan fingerprint density at radius 1 is 0.857 bits per heavy atom. The summed E-state index contributed by atoms with van der Waals surface area (Å²) in [5.74, 6) is -8.93. The molecule has 0 unspecified atom stereocenters. The topological polar surface area (TPSA) is 55.1 Å². The highest BCUT2D eigenvalue weighted by molar-refractivity contribution is 6.05. The molecule has 0 bridgehead atoms. The van der Waals surface area contributed by atoms with Crippen molar-refractivity contribution in [2.75, 3.05) is 11.1 Å². The number of hydrogen-bond acceptors (Lipinski definition) is 2. The molecule has 2 aromatic rings. The number of nitrogens with two attached hydrogens (primary N) is 1. The van der Waals surface area contributed by atoms with E-state index >= 15 is 0 Å². The second kappa shape index (κ2) is 5.39. The summed E-state index contributed by atoms with van der Waals surface area (Å²) in [7, 11) is 0. The van der Waals surface area contributed by atoms with Gasteiger partial charge in [-0.2, -0.15) is 0 Å². The summed E-state index contributed by atoms with van der Waals surface area (Å²) in [5, 5.41) is 1.75. The van der Waals surface area contributed by atoms with Crippen LogP contribution in [0.15, 0.2) is 24.3 Å². The predicted octanol–water partition coefficient (Wildman–Crippen LogP) is 3.22. The lowest BCUT2D eigenvalue weighted by Gasteiger charge is -2.09. The molecule has 2 aromatic carbocycles. The number of carbonyl (C=O) groups is 1. The number of benzene rings is 2. The van der Waals surface area contributed by atoms with E-state index in [1.165, 1.54) is 0 Å². The zero-order valence-corrected chi connectivity index (χ0v) is 10.2. The van der Waals surface area contributed by atoms with E-state index in [1.807, 2.05) is 0 Å². The number of hydrogen-bond donors (Lipinski definition) is 2. The van der Waals surface area contributed by atoms with Gasteiger partial charge in [0.15, 0.2) is 23.3 Å². The normalized spacial score (nSPS) is 10.5. The van der Waals surface area contributed by atoms with Gasteiger partial charge in [0.25, 0.3) is 5.91 Å². The second-order valence-electron chi connectivity index (χ2n) is 4.00. The van der Waals surface area contributed by atoms with Crippen molar-refractivity contribution in [1.82, 2.24) is 0 Å². The zero-order chi connectivity index (χ0) is 15.7. The third-order valence-electron chi connectivity index (χ3n) is 2.63. The van der Waals surface area contributed by atoms with Gasteiger partial charge < -0.3 is 11.1 Å². The highest BCUT2D eigenvalue weighted by atomic mass is 19.2. The highest BCUT2D eigenvalue weighted by Crippen LogP contribution is 2.23. The van der Waals surface area contributed by atoms with E-state index in [-0.39, 0.29) is 0 Å². The van der Waals surface area contributed by atoms with Gasteiger partial charge in [0.05, 0.1) is 11.4 Å². The van der Waals surface area contributed by atoms with Crippen LogP contribution >= 0.6 is 0 Å². The Kier molecular flexibility index (Phi) is 3.79. The lowest BCUT2D eigenvalue weighted by atomic mass is 10.1. The van der Waals surface area contributed by atoms with E-state index in [9.17, 15) is 26.7 Å². The van der Waals surface area contributed by atoms with Crippen molar-refractivity contribution in [1.29, 1.82) is 0 Å². The number of amides is 1. The smallest absolute Gasteiger partial charge is 0.261 e. The molecule has 0 spiro atoms. The maximum absolute atomic E-state index is 13.6. The molecule has 0 saturated carbocycles. The minimum absolute atomic E-state index is 0.493. The fourth-order valence-corrected chi connectivity index (χ4v) is 1.58. The Morgan fingerprint density at radius 3 is 2.14 bits per heavy atom. The van der Waals surface area contributed by atoms with Crippen LogP contribution in [0.3, 0.4) is 0 Å². The maximum Gasteiger partial charge on any atom is 0.261 e. The van der Waals surface area contributed by atoms with Crippen LogP contribution in [0.2, 0.25) is 0 Å². The van der Waals surface area contributed by atoms with Crippen LogP contribution < -0.4 is 11.1 Å². The van der Waals surface area contributed by atoms with Crippen LogP contribution in [0.4, 0.5) is 33.3 Å². The van der Waals surface area contributed by atoms with Gasteiger partial charge in [-0.15, -0.1) is 0 Å². The van der Waals surface area contributed by atoms with E-state index in [0.717, 1.165) is 12.1 Å². The molecule has 1 amide bonds. The summed E-state index contributed by atoms with van der Waals surface area (Å²) in [4.78, 5) is 11.7. The Hall–Kier alpha value is -2.64. The van der Waals surface area contributed by atoms with Crippen molar-refractivity contribution in [3.8, 4) is 0 Å². The van der Waals surface area contributed by atoms with Gasteiger partial charge >= 0.3 is 0 Å². The molecule has 0 aliphatic heterocycles. The van der Waals surface area contributed by atoms with Gasteiger partial charge in [0.1, 0.15) is 11.4 Å². The second-order valence-corrected chi connectivity index (χ2v) is 4.00. The molecule has 2 rings (SSSR count). The van der Waals surface area contributed by atoms with Crippen molar-refractivity contribution in [3.05, 3.63) is 58.9 Å². The molecule has 0 fully saturated rings. The minimum atomic E-state index is -1.82. The predicted molar refractivity (Wildman–Crippen MR) is 65.0 cm³/mol. The first-order valence-corrected chi connectivity index (χ1v) is 5.51. The van der Waals surface area contributed by atoms with Crippen molar-refractivity contribution >= 4 is 17.3 Å². The molecule has 110 valence electrons. The standard InChI is InChI=1S/C13H7F5N2O/c14-5-1-3-7(19)11(17)9(5)13(21)20-8-4-2-6(15)10(16)12(8)18/h1-4H,19H2,(H,20,21). The first-order chi connectivity index (χ1) is 9.82. The monoisotopic (exact) mass is 302 g/mol. The third-order valence-corrected chi connectivity index (χ3v) is 2.63. The molecule has 3 nitrogen and oxygen atoms in total. The van der Waals surface area contributed by atoms with Crippen LogP contribution in [0.5, 0.6) is 0 Å². The molecule has 0 aliphatic carbocycles. The first kappa shape index (κ1) is 14.8. The highest BCUT2D eigenvalue weighted by Gasteiger charge is 2.22. The van der Waals surface area contributed by atoms with Crippen molar-refractivity contribution < 1.29 is 26.7 Å². The molecule has 0 aromatic heterocycles. The van der Waals surface area contributed by atoms with E-state index in [4.69, 9.17) is 5.73 Å². The lowest BCUT2D eigenvalue weighted by Crippen LogP contribution is -2.18. The van der Waals surface area contributed by atoms with Gasteiger partial charge in [-0.25, -0.2) is 22.0 Å². The van der Waals surface area contributed by atoms with Crippen LogP contribution in [0.1, 0.15) is 10.4 Å². The summed E-state index contributed by atoms with van der Waals surface area (Å²) in [5.41, 5.74) is 2.88. The summed E-state index contributed by atoms with van der Waals surface area (Å²) in [6.07, 6.45) is 0. The van der Waals surface area contributed by atoms with Crippen molar-refractivity contribution in [3.63, 3.8) is 0 Å². The number of nitrogen functional groups attached to an aromatic ring is 1. The van der Waals surface area contributed by atoms with Gasteiger partial charge in [-0.1, -0.05) is 0 Å². The minimum Gasteiger partial charge on any atom is -0.396 e.